The molecule has 0 saturated heterocycles. The van der Waals surface area contributed by atoms with Gasteiger partial charge in [-0.05, 0) is 24.6 Å². The number of imidazole rings is 1. The van der Waals surface area contributed by atoms with Crippen LogP contribution in [0.4, 0.5) is 4.39 Å². The van der Waals surface area contributed by atoms with Crippen LogP contribution in [0.15, 0.2) is 30.6 Å². The zero-order valence-corrected chi connectivity index (χ0v) is 13.3. The molecule has 1 aromatic heterocycles. The van der Waals surface area contributed by atoms with Gasteiger partial charge in [0.2, 0.25) is 0 Å². The highest BCUT2D eigenvalue weighted by Crippen LogP contribution is 2.20. The highest BCUT2D eigenvalue weighted by atomic mass is 19.1. The van der Waals surface area contributed by atoms with Crippen molar-refractivity contribution in [1.29, 1.82) is 0 Å². The summed E-state index contributed by atoms with van der Waals surface area (Å²) in [6, 6.07) is 4.66. The molecule has 4 heteroatoms. The molecule has 0 N–H and O–H groups in total. The number of halogens is 1. The lowest BCUT2D eigenvalue weighted by atomic mass is 10.1. The van der Waals surface area contributed by atoms with Crippen LogP contribution in [-0.2, 0) is 13.1 Å². The number of hydrogen-bond donors (Lipinski definition) is 0. The zero-order valence-electron chi connectivity index (χ0n) is 13.3. The molecule has 21 heavy (non-hydrogen) atoms. The molecule has 0 fully saturated rings. The van der Waals surface area contributed by atoms with Crippen LogP contribution in [-0.4, -0.2) is 11.7 Å². The number of ether oxygens (including phenoxy) is 1. The number of aryl methyl sites for hydroxylation is 1. The van der Waals surface area contributed by atoms with Crippen molar-refractivity contribution in [2.75, 3.05) is 7.11 Å². The van der Waals surface area contributed by atoms with E-state index in [1.807, 2.05) is 0 Å². The Morgan fingerprint density at radius 1 is 1.33 bits per heavy atom. The summed E-state index contributed by atoms with van der Waals surface area (Å²) in [5, 5.41) is 0. The molecule has 1 heterocycles. The van der Waals surface area contributed by atoms with E-state index in [-0.39, 0.29) is 5.82 Å². The monoisotopic (exact) mass is 291 g/mol. The second kappa shape index (κ2) is 6.74. The minimum Gasteiger partial charge on any atom is -0.496 e. The molecule has 0 aliphatic heterocycles. The normalized spacial score (nSPS) is 11.1. The van der Waals surface area contributed by atoms with Gasteiger partial charge in [0.15, 0.2) is 0 Å². The predicted molar refractivity (Wildman–Crippen MR) is 81.1 cm³/mol. The smallest absolute Gasteiger partial charge is 0.259 e. The maximum absolute atomic E-state index is 13.5. The van der Waals surface area contributed by atoms with Crippen LogP contribution < -0.4 is 9.30 Å². The fourth-order valence-electron chi connectivity index (χ4n) is 2.76. The van der Waals surface area contributed by atoms with E-state index in [0.717, 1.165) is 24.3 Å². The molecular weight excluding hydrogens is 267 g/mol. The largest absolute Gasteiger partial charge is 0.496 e. The Bertz CT molecular complexity index is 605. The van der Waals surface area contributed by atoms with E-state index in [9.17, 15) is 4.39 Å². The van der Waals surface area contributed by atoms with E-state index in [1.54, 1.807) is 19.2 Å². The third kappa shape index (κ3) is 3.43. The number of hydrogen-bond acceptors (Lipinski definition) is 1. The van der Waals surface area contributed by atoms with Crippen molar-refractivity contribution in [2.24, 2.45) is 0 Å². The van der Waals surface area contributed by atoms with Crippen molar-refractivity contribution < 1.29 is 13.7 Å². The molecule has 0 aliphatic carbocycles. The SMILES string of the molecule is CCCn1cc[n+](Cc2cc(F)ccc2OC)c1C(C)C. The van der Waals surface area contributed by atoms with Crippen LogP contribution in [0.25, 0.3) is 0 Å². The molecule has 1 aromatic carbocycles. The van der Waals surface area contributed by atoms with Crippen LogP contribution in [0.1, 0.15) is 44.5 Å². The first-order valence-corrected chi connectivity index (χ1v) is 7.47. The third-order valence-corrected chi connectivity index (χ3v) is 3.58. The van der Waals surface area contributed by atoms with E-state index >= 15 is 0 Å². The van der Waals surface area contributed by atoms with Crippen molar-refractivity contribution in [3.8, 4) is 5.75 Å². The van der Waals surface area contributed by atoms with Crippen molar-refractivity contribution in [3.63, 3.8) is 0 Å². The van der Waals surface area contributed by atoms with Gasteiger partial charge in [0.1, 0.15) is 30.5 Å². The summed E-state index contributed by atoms with van der Waals surface area (Å²) in [4.78, 5) is 0. The molecule has 0 aliphatic rings. The number of rotatable bonds is 6. The summed E-state index contributed by atoms with van der Waals surface area (Å²) in [6.07, 6.45) is 5.26. The minimum absolute atomic E-state index is 0.231. The van der Waals surface area contributed by atoms with Crippen molar-refractivity contribution in [3.05, 3.63) is 47.8 Å². The Morgan fingerprint density at radius 3 is 2.71 bits per heavy atom. The standard InChI is InChI=1S/C17H24FN2O/c1-5-8-19-9-10-20(17(19)13(2)3)12-14-11-15(18)6-7-16(14)21-4/h6-7,9-11,13H,5,8,12H2,1-4H3/q+1. The zero-order chi connectivity index (χ0) is 15.4. The molecule has 114 valence electrons. The van der Waals surface area contributed by atoms with Crippen molar-refractivity contribution in [2.45, 2.75) is 46.2 Å². The molecule has 0 atom stereocenters. The van der Waals surface area contributed by atoms with E-state index in [4.69, 9.17) is 4.74 Å². The first-order chi connectivity index (χ1) is 10.1. The van der Waals surface area contributed by atoms with E-state index in [1.165, 1.54) is 11.9 Å². The fraction of sp³-hybridized carbons (Fsp3) is 0.471. The molecule has 2 rings (SSSR count). The van der Waals surface area contributed by atoms with Gasteiger partial charge in [0.25, 0.3) is 5.82 Å². The van der Waals surface area contributed by atoms with Crippen LogP contribution in [0.2, 0.25) is 0 Å². The average molecular weight is 291 g/mol. The number of aromatic nitrogens is 2. The Balaban J connectivity index is 2.37. The minimum atomic E-state index is -0.231. The van der Waals surface area contributed by atoms with Crippen LogP contribution >= 0.6 is 0 Å². The molecule has 3 nitrogen and oxygen atoms in total. The summed E-state index contributed by atoms with van der Waals surface area (Å²) in [5.41, 5.74) is 0.860. The lowest BCUT2D eigenvalue weighted by molar-refractivity contribution is -0.696. The second-order valence-electron chi connectivity index (χ2n) is 5.59. The van der Waals surface area contributed by atoms with Gasteiger partial charge >= 0.3 is 0 Å². The first-order valence-electron chi connectivity index (χ1n) is 7.47. The molecule has 0 bridgehead atoms. The van der Waals surface area contributed by atoms with Gasteiger partial charge in [-0.3, -0.25) is 0 Å². The van der Waals surface area contributed by atoms with Gasteiger partial charge in [-0.15, -0.1) is 0 Å². The molecule has 0 unspecified atom stereocenters. The Labute approximate surface area is 126 Å². The molecular formula is C17H24FN2O+. The number of nitrogens with zero attached hydrogens (tertiary/aromatic N) is 2. The molecule has 0 radical (unpaired) electrons. The number of benzene rings is 1. The average Bonchev–Trinajstić information content (AvgIpc) is 2.82. The summed E-state index contributed by atoms with van der Waals surface area (Å²) >= 11 is 0. The predicted octanol–water partition coefficient (Wildman–Crippen LogP) is 3.51. The lowest BCUT2D eigenvalue weighted by Gasteiger charge is -2.10. The van der Waals surface area contributed by atoms with Crippen LogP contribution in [0.5, 0.6) is 5.75 Å². The van der Waals surface area contributed by atoms with Crippen molar-refractivity contribution in [1.82, 2.24) is 4.57 Å². The van der Waals surface area contributed by atoms with E-state index in [2.05, 4.69) is 42.3 Å². The maximum Gasteiger partial charge on any atom is 0.259 e. The van der Waals surface area contributed by atoms with Gasteiger partial charge in [-0.1, -0.05) is 20.8 Å². The van der Waals surface area contributed by atoms with Gasteiger partial charge in [0, 0.05) is 5.56 Å². The highest BCUT2D eigenvalue weighted by molar-refractivity contribution is 5.33. The third-order valence-electron chi connectivity index (χ3n) is 3.58. The second-order valence-corrected chi connectivity index (χ2v) is 5.59. The van der Waals surface area contributed by atoms with Gasteiger partial charge < -0.3 is 4.74 Å². The summed E-state index contributed by atoms with van der Waals surface area (Å²) in [6.45, 7) is 8.15. The summed E-state index contributed by atoms with van der Waals surface area (Å²) < 4.78 is 23.3. The van der Waals surface area contributed by atoms with Gasteiger partial charge in [-0.2, -0.15) is 0 Å². The molecule has 0 saturated carbocycles. The lowest BCUT2D eigenvalue weighted by Crippen LogP contribution is -2.38. The Hall–Kier alpha value is -1.84. The Morgan fingerprint density at radius 2 is 2.10 bits per heavy atom. The van der Waals surface area contributed by atoms with Gasteiger partial charge in [0.05, 0.1) is 19.6 Å². The Kier molecular flexibility index (Phi) is 4.99. The quantitative estimate of drug-likeness (QED) is 0.745. The summed E-state index contributed by atoms with van der Waals surface area (Å²) in [7, 11) is 1.62. The molecule has 0 amide bonds. The first kappa shape index (κ1) is 15.5. The maximum atomic E-state index is 13.5. The fourth-order valence-corrected chi connectivity index (χ4v) is 2.76. The summed E-state index contributed by atoms with van der Waals surface area (Å²) in [5.74, 6) is 2.15. The van der Waals surface area contributed by atoms with E-state index < -0.39 is 0 Å². The van der Waals surface area contributed by atoms with E-state index in [0.29, 0.717) is 12.5 Å². The van der Waals surface area contributed by atoms with Crippen molar-refractivity contribution >= 4 is 0 Å². The van der Waals surface area contributed by atoms with Gasteiger partial charge in [-0.25, -0.2) is 13.5 Å². The molecule has 0 spiro atoms. The highest BCUT2D eigenvalue weighted by Gasteiger charge is 2.21. The topological polar surface area (TPSA) is 18.0 Å². The number of methoxy groups -OCH3 is 1. The van der Waals surface area contributed by atoms with Crippen LogP contribution in [0, 0.1) is 5.82 Å². The van der Waals surface area contributed by atoms with Crippen LogP contribution in [0.3, 0.4) is 0 Å². The molecule has 2 aromatic rings.